The second kappa shape index (κ2) is 6.87. The Morgan fingerprint density at radius 1 is 1.14 bits per heavy atom. The van der Waals surface area contributed by atoms with Crippen LogP contribution in [0.15, 0.2) is 18.2 Å². The second-order valence-electron chi connectivity index (χ2n) is 6.35. The number of nitrogens with zero attached hydrogens (tertiary/aromatic N) is 1. The van der Waals surface area contributed by atoms with Crippen LogP contribution in [0.5, 0.6) is 0 Å². The minimum absolute atomic E-state index is 0.396. The molecule has 0 aliphatic carbocycles. The molecular formula is C17H24Cl2N2. The molecule has 0 bridgehead atoms. The summed E-state index contributed by atoms with van der Waals surface area (Å²) >= 11 is 12.2. The third-order valence-corrected chi connectivity index (χ3v) is 5.82. The van der Waals surface area contributed by atoms with Crippen LogP contribution in [0.1, 0.15) is 50.6 Å². The molecule has 0 saturated carbocycles. The van der Waals surface area contributed by atoms with Gasteiger partial charge in [-0.2, -0.15) is 0 Å². The van der Waals surface area contributed by atoms with Crippen molar-refractivity contribution < 1.29 is 0 Å². The van der Waals surface area contributed by atoms with E-state index in [1.54, 1.807) is 0 Å². The van der Waals surface area contributed by atoms with E-state index in [1.165, 1.54) is 50.8 Å². The molecule has 2 aliphatic rings. The number of piperidine rings is 1. The zero-order valence-electron chi connectivity index (χ0n) is 12.6. The van der Waals surface area contributed by atoms with E-state index in [2.05, 4.69) is 23.2 Å². The molecule has 0 spiro atoms. The molecular weight excluding hydrogens is 303 g/mol. The summed E-state index contributed by atoms with van der Waals surface area (Å²) in [4.78, 5) is 2.67. The Bertz CT molecular complexity index is 486. The van der Waals surface area contributed by atoms with Crippen LogP contribution in [0.4, 0.5) is 0 Å². The molecule has 2 nitrogen and oxygen atoms in total. The van der Waals surface area contributed by atoms with Gasteiger partial charge in [0.2, 0.25) is 0 Å². The smallest absolute Gasteiger partial charge is 0.0595 e. The van der Waals surface area contributed by atoms with Crippen molar-refractivity contribution in [2.24, 2.45) is 0 Å². The van der Waals surface area contributed by atoms with Crippen molar-refractivity contribution in [3.05, 3.63) is 33.8 Å². The molecule has 0 amide bonds. The molecule has 0 aromatic heterocycles. The molecule has 4 heteroatoms. The zero-order chi connectivity index (χ0) is 14.8. The van der Waals surface area contributed by atoms with E-state index in [0.29, 0.717) is 28.2 Å². The highest BCUT2D eigenvalue weighted by molar-refractivity contribution is 6.42. The summed E-state index contributed by atoms with van der Waals surface area (Å²) in [5.41, 5.74) is 1.27. The Balaban J connectivity index is 1.79. The minimum Gasteiger partial charge on any atom is -0.312 e. The summed E-state index contributed by atoms with van der Waals surface area (Å²) in [6.07, 6.45) is 6.59. The van der Waals surface area contributed by atoms with E-state index in [9.17, 15) is 0 Å². The van der Waals surface area contributed by atoms with Crippen LogP contribution in [0, 0.1) is 0 Å². The van der Waals surface area contributed by atoms with Crippen molar-refractivity contribution in [2.75, 3.05) is 13.1 Å². The van der Waals surface area contributed by atoms with Gasteiger partial charge < -0.3 is 5.32 Å². The lowest BCUT2D eigenvalue weighted by Gasteiger charge is -2.43. The Labute approximate surface area is 137 Å². The molecule has 2 saturated heterocycles. The molecule has 21 heavy (non-hydrogen) atoms. The van der Waals surface area contributed by atoms with E-state index in [4.69, 9.17) is 23.2 Å². The van der Waals surface area contributed by atoms with Gasteiger partial charge in [-0.15, -0.1) is 0 Å². The predicted octanol–water partition coefficient (Wildman–Crippen LogP) is 4.66. The van der Waals surface area contributed by atoms with Gasteiger partial charge in [0.15, 0.2) is 0 Å². The second-order valence-corrected chi connectivity index (χ2v) is 7.17. The standard InChI is InChI=1S/C17H24Cl2N2/c1-12(13-7-8-14(18)15(19)11-13)21-10-3-2-6-17(21)16-5-4-9-20-16/h7-8,11-12,16-17,20H,2-6,9-10H2,1H3. The number of nitrogens with one attached hydrogen (secondary N) is 1. The van der Waals surface area contributed by atoms with Crippen molar-refractivity contribution in [3.8, 4) is 0 Å². The highest BCUT2D eigenvalue weighted by atomic mass is 35.5. The van der Waals surface area contributed by atoms with Gasteiger partial charge in [0.1, 0.15) is 0 Å². The summed E-state index contributed by atoms with van der Waals surface area (Å²) in [6.45, 7) is 4.66. The number of benzene rings is 1. The number of likely N-dealkylation sites (tertiary alicyclic amines) is 1. The summed E-state index contributed by atoms with van der Waals surface area (Å²) in [6, 6.07) is 7.78. The minimum atomic E-state index is 0.396. The Hall–Kier alpha value is -0.280. The Morgan fingerprint density at radius 3 is 2.71 bits per heavy atom. The van der Waals surface area contributed by atoms with E-state index < -0.39 is 0 Å². The SMILES string of the molecule is CC(c1ccc(Cl)c(Cl)c1)N1CCCCC1C1CCCN1. The summed E-state index contributed by atoms with van der Waals surface area (Å²) in [5, 5.41) is 4.99. The average Bonchev–Trinajstić information content (AvgIpc) is 3.03. The highest BCUT2D eigenvalue weighted by Gasteiger charge is 2.34. The molecule has 1 aromatic rings. The fourth-order valence-electron chi connectivity index (χ4n) is 3.90. The van der Waals surface area contributed by atoms with Crippen LogP contribution >= 0.6 is 23.2 Å². The van der Waals surface area contributed by atoms with Gasteiger partial charge in [0.05, 0.1) is 10.0 Å². The normalized spacial score (nSPS) is 28.7. The Morgan fingerprint density at radius 2 is 2.00 bits per heavy atom. The molecule has 116 valence electrons. The number of hydrogen-bond donors (Lipinski definition) is 1. The highest BCUT2D eigenvalue weighted by Crippen LogP contribution is 2.34. The van der Waals surface area contributed by atoms with Crippen LogP contribution in [0.2, 0.25) is 10.0 Å². The van der Waals surface area contributed by atoms with E-state index in [-0.39, 0.29) is 0 Å². The van der Waals surface area contributed by atoms with Gasteiger partial charge in [0.25, 0.3) is 0 Å². The number of halogens is 2. The Kier molecular flexibility index (Phi) is 5.11. The van der Waals surface area contributed by atoms with E-state index in [1.807, 2.05) is 12.1 Å². The summed E-state index contributed by atoms with van der Waals surface area (Å²) in [5.74, 6) is 0. The van der Waals surface area contributed by atoms with Gasteiger partial charge >= 0.3 is 0 Å². The fourth-order valence-corrected chi connectivity index (χ4v) is 4.20. The van der Waals surface area contributed by atoms with Crippen molar-refractivity contribution in [1.29, 1.82) is 0 Å². The molecule has 1 N–H and O–H groups in total. The first kappa shape index (κ1) is 15.6. The van der Waals surface area contributed by atoms with Crippen molar-refractivity contribution >= 4 is 23.2 Å². The lowest BCUT2D eigenvalue weighted by atomic mass is 9.91. The van der Waals surface area contributed by atoms with Gasteiger partial charge in [-0.1, -0.05) is 35.7 Å². The third kappa shape index (κ3) is 3.39. The quantitative estimate of drug-likeness (QED) is 0.868. The maximum Gasteiger partial charge on any atom is 0.0595 e. The topological polar surface area (TPSA) is 15.3 Å². The molecule has 1 aromatic carbocycles. The maximum atomic E-state index is 6.20. The average molecular weight is 327 g/mol. The van der Waals surface area contributed by atoms with Crippen LogP contribution in [-0.2, 0) is 0 Å². The molecule has 3 unspecified atom stereocenters. The lowest BCUT2D eigenvalue weighted by molar-refractivity contribution is 0.0803. The van der Waals surface area contributed by atoms with Crippen LogP contribution < -0.4 is 5.32 Å². The lowest BCUT2D eigenvalue weighted by Crippen LogP contribution is -2.50. The number of hydrogen-bond acceptors (Lipinski definition) is 2. The van der Waals surface area contributed by atoms with Crippen LogP contribution in [-0.4, -0.2) is 30.1 Å². The zero-order valence-corrected chi connectivity index (χ0v) is 14.1. The summed E-state index contributed by atoms with van der Waals surface area (Å²) < 4.78 is 0. The molecule has 2 fully saturated rings. The molecule has 2 heterocycles. The van der Waals surface area contributed by atoms with Crippen molar-refractivity contribution in [2.45, 2.75) is 57.2 Å². The van der Waals surface area contributed by atoms with Gasteiger partial charge in [0, 0.05) is 18.1 Å². The maximum absolute atomic E-state index is 6.20. The molecule has 0 radical (unpaired) electrons. The number of rotatable bonds is 3. The van der Waals surface area contributed by atoms with Gasteiger partial charge in [-0.05, 0) is 63.4 Å². The monoisotopic (exact) mass is 326 g/mol. The van der Waals surface area contributed by atoms with Gasteiger partial charge in [-0.3, -0.25) is 4.90 Å². The first-order chi connectivity index (χ1) is 10.2. The van der Waals surface area contributed by atoms with E-state index in [0.717, 1.165) is 0 Å². The van der Waals surface area contributed by atoms with Crippen LogP contribution in [0.3, 0.4) is 0 Å². The van der Waals surface area contributed by atoms with Crippen molar-refractivity contribution in [1.82, 2.24) is 10.2 Å². The van der Waals surface area contributed by atoms with Gasteiger partial charge in [-0.25, -0.2) is 0 Å². The van der Waals surface area contributed by atoms with Crippen LogP contribution in [0.25, 0.3) is 0 Å². The molecule has 3 rings (SSSR count). The predicted molar refractivity (Wildman–Crippen MR) is 90.2 cm³/mol. The third-order valence-electron chi connectivity index (χ3n) is 5.08. The van der Waals surface area contributed by atoms with E-state index >= 15 is 0 Å². The summed E-state index contributed by atoms with van der Waals surface area (Å²) in [7, 11) is 0. The molecule has 2 aliphatic heterocycles. The largest absolute Gasteiger partial charge is 0.312 e. The fraction of sp³-hybridized carbons (Fsp3) is 0.647. The first-order valence-electron chi connectivity index (χ1n) is 8.11. The van der Waals surface area contributed by atoms with Crippen molar-refractivity contribution in [3.63, 3.8) is 0 Å². The first-order valence-corrected chi connectivity index (χ1v) is 8.86. The molecule has 3 atom stereocenters.